The molecule has 0 aromatic carbocycles. The average Bonchev–Trinajstić information content (AvgIpc) is 3.23. The van der Waals surface area contributed by atoms with Crippen LogP contribution in [0.15, 0.2) is 6.20 Å². The number of rotatable bonds is 8. The van der Waals surface area contributed by atoms with Gasteiger partial charge in [-0.1, -0.05) is 0 Å². The van der Waals surface area contributed by atoms with Crippen LogP contribution in [-0.4, -0.2) is 67.1 Å². The molecule has 27 heavy (non-hydrogen) atoms. The third-order valence-electron chi connectivity index (χ3n) is 4.97. The lowest BCUT2D eigenvalue weighted by Crippen LogP contribution is -2.36. The van der Waals surface area contributed by atoms with Crippen molar-refractivity contribution in [2.24, 2.45) is 7.05 Å². The fourth-order valence-corrected chi connectivity index (χ4v) is 3.19. The highest BCUT2D eigenvalue weighted by Crippen LogP contribution is 2.16. The van der Waals surface area contributed by atoms with Gasteiger partial charge in [0.1, 0.15) is 0 Å². The highest BCUT2D eigenvalue weighted by molar-refractivity contribution is 5.76. The van der Waals surface area contributed by atoms with E-state index in [1.807, 2.05) is 25.6 Å². The summed E-state index contributed by atoms with van der Waals surface area (Å²) in [5, 5.41) is 19.2. The smallest absolute Gasteiger partial charge is 0.220 e. The first-order valence-corrected chi connectivity index (χ1v) is 9.37. The topological polar surface area (TPSA) is 103 Å². The zero-order valence-electron chi connectivity index (χ0n) is 16.3. The van der Waals surface area contributed by atoms with Gasteiger partial charge in [-0.2, -0.15) is 5.10 Å². The summed E-state index contributed by atoms with van der Waals surface area (Å²) in [7, 11) is 1.90. The van der Waals surface area contributed by atoms with Crippen molar-refractivity contribution < 1.29 is 9.53 Å². The highest BCUT2D eigenvalue weighted by atomic mass is 16.5. The molecule has 0 saturated carbocycles. The third-order valence-corrected chi connectivity index (χ3v) is 4.97. The normalized spacial score (nSPS) is 16.4. The molecule has 1 aliphatic rings. The van der Waals surface area contributed by atoms with Crippen LogP contribution in [-0.2, 0) is 29.7 Å². The Kier molecular flexibility index (Phi) is 6.51. The fourth-order valence-electron chi connectivity index (χ4n) is 3.19. The van der Waals surface area contributed by atoms with Gasteiger partial charge in [0.05, 0.1) is 32.0 Å². The van der Waals surface area contributed by atoms with Crippen LogP contribution >= 0.6 is 0 Å². The van der Waals surface area contributed by atoms with Crippen LogP contribution < -0.4 is 5.32 Å². The number of morpholine rings is 1. The molecule has 0 unspecified atom stereocenters. The second-order valence-corrected chi connectivity index (χ2v) is 6.91. The minimum atomic E-state index is -0.0591. The van der Waals surface area contributed by atoms with E-state index in [0.29, 0.717) is 25.9 Å². The Morgan fingerprint density at radius 2 is 2.15 bits per heavy atom. The van der Waals surface area contributed by atoms with Crippen molar-refractivity contribution in [3.8, 4) is 0 Å². The molecule has 1 amide bonds. The Morgan fingerprint density at radius 1 is 1.37 bits per heavy atom. The minimum Gasteiger partial charge on any atom is -0.379 e. The molecule has 1 aliphatic heterocycles. The van der Waals surface area contributed by atoms with E-state index in [-0.39, 0.29) is 11.9 Å². The number of nitrogens with one attached hydrogen (secondary N) is 1. The van der Waals surface area contributed by atoms with Gasteiger partial charge in [-0.3, -0.25) is 14.4 Å². The minimum absolute atomic E-state index is 0.0218. The van der Waals surface area contributed by atoms with E-state index in [1.54, 1.807) is 10.9 Å². The van der Waals surface area contributed by atoms with Crippen LogP contribution in [0.2, 0.25) is 0 Å². The van der Waals surface area contributed by atoms with Crippen molar-refractivity contribution in [3.05, 3.63) is 23.3 Å². The van der Waals surface area contributed by atoms with Gasteiger partial charge >= 0.3 is 0 Å². The molecular formula is C17H28N8O2. The van der Waals surface area contributed by atoms with Crippen LogP contribution in [0, 0.1) is 6.92 Å². The Balaban J connectivity index is 1.43. The molecule has 0 spiro atoms. The van der Waals surface area contributed by atoms with Crippen molar-refractivity contribution in [1.82, 2.24) is 40.2 Å². The lowest BCUT2D eigenvalue weighted by Gasteiger charge is -2.25. The summed E-state index contributed by atoms with van der Waals surface area (Å²) in [5.74, 6) is 0.852. The maximum absolute atomic E-state index is 12.3. The molecule has 10 nitrogen and oxygen atoms in total. The summed E-state index contributed by atoms with van der Waals surface area (Å²) >= 11 is 0. The van der Waals surface area contributed by atoms with E-state index >= 15 is 0 Å². The molecule has 0 bridgehead atoms. The fraction of sp³-hybridized carbons (Fsp3) is 0.706. The molecule has 3 heterocycles. The summed E-state index contributed by atoms with van der Waals surface area (Å²) in [5.41, 5.74) is 2.10. The number of carbonyl (C=O) groups excluding carboxylic acids is 1. The van der Waals surface area contributed by atoms with Crippen LogP contribution in [0.1, 0.15) is 42.9 Å². The van der Waals surface area contributed by atoms with Gasteiger partial charge in [0.2, 0.25) is 5.91 Å². The molecule has 1 atom stereocenters. The lowest BCUT2D eigenvalue weighted by atomic mass is 10.1. The van der Waals surface area contributed by atoms with Gasteiger partial charge < -0.3 is 10.1 Å². The molecule has 3 rings (SSSR count). The van der Waals surface area contributed by atoms with Crippen LogP contribution in [0.25, 0.3) is 0 Å². The summed E-state index contributed by atoms with van der Waals surface area (Å²) in [6.45, 7) is 8.58. The Bertz CT molecular complexity index is 750. The van der Waals surface area contributed by atoms with Crippen LogP contribution in [0.3, 0.4) is 0 Å². The van der Waals surface area contributed by atoms with E-state index in [2.05, 4.69) is 30.8 Å². The largest absolute Gasteiger partial charge is 0.379 e. The van der Waals surface area contributed by atoms with Crippen molar-refractivity contribution in [2.75, 3.05) is 26.3 Å². The highest BCUT2D eigenvalue weighted by Gasteiger charge is 2.16. The van der Waals surface area contributed by atoms with E-state index in [0.717, 1.165) is 43.4 Å². The van der Waals surface area contributed by atoms with Crippen molar-refractivity contribution in [2.45, 2.75) is 45.8 Å². The Morgan fingerprint density at radius 3 is 2.85 bits per heavy atom. The number of hydrogen-bond acceptors (Lipinski definition) is 7. The molecule has 2 aromatic heterocycles. The van der Waals surface area contributed by atoms with E-state index < -0.39 is 0 Å². The summed E-state index contributed by atoms with van der Waals surface area (Å²) < 4.78 is 8.96. The average molecular weight is 376 g/mol. The van der Waals surface area contributed by atoms with E-state index in [9.17, 15) is 4.79 Å². The van der Waals surface area contributed by atoms with Crippen molar-refractivity contribution in [1.29, 1.82) is 0 Å². The summed E-state index contributed by atoms with van der Waals surface area (Å²) in [6, 6.07) is -0.0591. The maximum Gasteiger partial charge on any atom is 0.220 e. The number of aryl methyl sites for hydroxylation is 2. The summed E-state index contributed by atoms with van der Waals surface area (Å²) in [6.07, 6.45) is 2.92. The number of nitrogens with zero attached hydrogens (tertiary/aromatic N) is 7. The van der Waals surface area contributed by atoms with Gasteiger partial charge in [0, 0.05) is 44.4 Å². The van der Waals surface area contributed by atoms with E-state index in [1.165, 1.54) is 0 Å². The zero-order valence-corrected chi connectivity index (χ0v) is 16.3. The second-order valence-electron chi connectivity index (χ2n) is 6.91. The van der Waals surface area contributed by atoms with Crippen LogP contribution in [0.5, 0.6) is 0 Å². The van der Waals surface area contributed by atoms with Gasteiger partial charge in [0.15, 0.2) is 5.82 Å². The number of amides is 1. The maximum atomic E-state index is 12.3. The predicted molar refractivity (Wildman–Crippen MR) is 97.6 cm³/mol. The molecule has 10 heteroatoms. The van der Waals surface area contributed by atoms with Crippen LogP contribution in [0.4, 0.5) is 0 Å². The molecule has 2 aromatic rings. The first-order chi connectivity index (χ1) is 13.0. The monoisotopic (exact) mass is 376 g/mol. The molecule has 1 saturated heterocycles. The third kappa shape index (κ3) is 5.10. The van der Waals surface area contributed by atoms with Gasteiger partial charge in [0.25, 0.3) is 0 Å². The molecule has 0 radical (unpaired) electrons. The van der Waals surface area contributed by atoms with Gasteiger partial charge in [-0.15, -0.1) is 5.10 Å². The summed E-state index contributed by atoms with van der Waals surface area (Å²) in [4.78, 5) is 14.5. The second kappa shape index (κ2) is 9.05. The molecule has 0 aliphatic carbocycles. The van der Waals surface area contributed by atoms with E-state index in [4.69, 9.17) is 4.74 Å². The number of hydrogen-bond donors (Lipinski definition) is 1. The quantitative estimate of drug-likeness (QED) is 0.702. The number of ether oxygens (including phenoxy) is 1. The van der Waals surface area contributed by atoms with Gasteiger partial charge in [-0.25, -0.2) is 4.68 Å². The molecule has 148 valence electrons. The van der Waals surface area contributed by atoms with Crippen molar-refractivity contribution in [3.63, 3.8) is 0 Å². The molecule has 1 N–H and O–H groups in total. The van der Waals surface area contributed by atoms with Gasteiger partial charge in [-0.05, 0) is 30.7 Å². The lowest BCUT2D eigenvalue weighted by molar-refractivity contribution is -0.121. The molecular weight excluding hydrogens is 348 g/mol. The molecule has 1 fully saturated rings. The Labute approximate surface area is 158 Å². The number of aromatic nitrogens is 6. The standard InChI is InChI=1S/C17H28N8O2/c1-13(15-11-18-23(3)14(15)2)19-17(26)5-4-6-25-16(20-21-22-25)12-24-7-9-27-10-8-24/h11,13H,4-10,12H2,1-3H3,(H,19,26)/t13-/m1/s1. The Hall–Kier alpha value is -2.33. The first-order valence-electron chi connectivity index (χ1n) is 9.37. The number of tetrazole rings is 1. The van der Waals surface area contributed by atoms with Crippen molar-refractivity contribution >= 4 is 5.91 Å². The first kappa shape index (κ1) is 19.4. The zero-order chi connectivity index (χ0) is 19.2. The number of carbonyl (C=O) groups is 1. The predicted octanol–water partition coefficient (Wildman–Crippen LogP) is 0.205. The SMILES string of the molecule is Cc1c([C@@H](C)NC(=O)CCCn2nnnc2CN2CCOCC2)cnn1C.